The standard InChI is InChI=1S/C27H20N4O2/c1-17-8-11-20(28-15-21-12-9-18-4-2-6-24(32)26(18)30-21)14-23(17)29-16-22-13-10-19-5-3-7-25(33)27(19)31-22/h2-16,32-33H,1H3. The molecule has 6 heteroatoms. The molecule has 160 valence electrons. The number of para-hydroxylation sites is 2. The topological polar surface area (TPSA) is 91.0 Å². The highest BCUT2D eigenvalue weighted by molar-refractivity contribution is 5.90. The van der Waals surface area contributed by atoms with Crippen LogP contribution in [-0.4, -0.2) is 32.6 Å². The van der Waals surface area contributed by atoms with Crippen molar-refractivity contribution in [2.45, 2.75) is 6.92 Å². The quantitative estimate of drug-likeness (QED) is 0.341. The molecule has 3 aromatic carbocycles. The van der Waals surface area contributed by atoms with Gasteiger partial charge in [0.2, 0.25) is 0 Å². The smallest absolute Gasteiger partial charge is 0.141 e. The van der Waals surface area contributed by atoms with Crippen LogP contribution in [-0.2, 0) is 0 Å². The Morgan fingerprint density at radius 2 is 1.24 bits per heavy atom. The summed E-state index contributed by atoms with van der Waals surface area (Å²) in [6.45, 7) is 1.98. The molecule has 0 unspecified atom stereocenters. The number of fused-ring (bicyclic) bond motifs is 2. The number of aliphatic imine (C=N–C) groups is 2. The lowest BCUT2D eigenvalue weighted by molar-refractivity contribution is 0.480. The lowest BCUT2D eigenvalue weighted by atomic mass is 10.1. The first-order chi connectivity index (χ1) is 16.1. The number of phenols is 2. The average Bonchev–Trinajstić information content (AvgIpc) is 2.83. The fourth-order valence-corrected chi connectivity index (χ4v) is 3.53. The van der Waals surface area contributed by atoms with Crippen molar-refractivity contribution in [3.63, 3.8) is 0 Å². The summed E-state index contributed by atoms with van der Waals surface area (Å²) in [7, 11) is 0. The molecule has 33 heavy (non-hydrogen) atoms. The number of aromatic hydroxyl groups is 2. The number of benzene rings is 3. The van der Waals surface area contributed by atoms with E-state index >= 15 is 0 Å². The van der Waals surface area contributed by atoms with Crippen molar-refractivity contribution in [3.8, 4) is 11.5 Å². The maximum atomic E-state index is 10.0. The van der Waals surface area contributed by atoms with Crippen molar-refractivity contribution < 1.29 is 10.2 Å². The summed E-state index contributed by atoms with van der Waals surface area (Å²) >= 11 is 0. The van der Waals surface area contributed by atoms with E-state index in [1.54, 1.807) is 36.7 Å². The minimum atomic E-state index is 0.144. The number of phenolic OH excluding ortho intramolecular Hbond substituents is 2. The van der Waals surface area contributed by atoms with Crippen molar-refractivity contribution in [1.82, 2.24) is 9.97 Å². The maximum absolute atomic E-state index is 10.0. The van der Waals surface area contributed by atoms with Crippen LogP contribution >= 0.6 is 0 Å². The molecule has 6 nitrogen and oxygen atoms in total. The Balaban J connectivity index is 1.41. The Labute approximate surface area is 190 Å². The number of aryl methyl sites for hydroxylation is 1. The van der Waals surface area contributed by atoms with E-state index in [0.717, 1.165) is 27.7 Å². The molecule has 0 aliphatic carbocycles. The van der Waals surface area contributed by atoms with E-state index in [9.17, 15) is 10.2 Å². The van der Waals surface area contributed by atoms with Crippen molar-refractivity contribution >= 4 is 45.6 Å². The third-order valence-electron chi connectivity index (χ3n) is 5.32. The minimum Gasteiger partial charge on any atom is -0.506 e. The second-order valence-corrected chi connectivity index (χ2v) is 7.66. The Kier molecular flexibility index (Phi) is 5.24. The van der Waals surface area contributed by atoms with Crippen LogP contribution in [0, 0.1) is 6.92 Å². The third-order valence-corrected chi connectivity index (χ3v) is 5.32. The minimum absolute atomic E-state index is 0.144. The molecule has 0 aliphatic heterocycles. The predicted octanol–water partition coefficient (Wildman–Crippen LogP) is 6.00. The van der Waals surface area contributed by atoms with Crippen LogP contribution in [0.3, 0.4) is 0 Å². The van der Waals surface area contributed by atoms with E-state index in [1.807, 2.05) is 61.5 Å². The SMILES string of the molecule is Cc1ccc(N=Cc2ccc3cccc(O)c3n2)cc1N=Cc1ccc2cccc(O)c2n1. The zero-order valence-electron chi connectivity index (χ0n) is 17.8. The van der Waals surface area contributed by atoms with Gasteiger partial charge < -0.3 is 10.2 Å². The molecular weight excluding hydrogens is 412 g/mol. The molecular formula is C27H20N4O2. The molecule has 5 rings (SSSR count). The lowest BCUT2D eigenvalue weighted by Gasteiger charge is -2.03. The van der Waals surface area contributed by atoms with E-state index in [0.29, 0.717) is 22.4 Å². The maximum Gasteiger partial charge on any atom is 0.141 e. The Bertz CT molecular complexity index is 1560. The fourth-order valence-electron chi connectivity index (χ4n) is 3.53. The van der Waals surface area contributed by atoms with Gasteiger partial charge in [-0.2, -0.15) is 0 Å². The van der Waals surface area contributed by atoms with Gasteiger partial charge in [0, 0.05) is 10.8 Å². The molecule has 0 atom stereocenters. The number of rotatable bonds is 4. The van der Waals surface area contributed by atoms with E-state index in [2.05, 4.69) is 20.0 Å². The molecule has 0 spiro atoms. The van der Waals surface area contributed by atoms with E-state index < -0.39 is 0 Å². The summed E-state index contributed by atoms with van der Waals surface area (Å²) in [6.07, 6.45) is 3.34. The van der Waals surface area contributed by atoms with Gasteiger partial charge in [-0.3, -0.25) is 9.98 Å². The van der Waals surface area contributed by atoms with Gasteiger partial charge in [-0.15, -0.1) is 0 Å². The normalized spacial score (nSPS) is 11.8. The summed E-state index contributed by atoms with van der Waals surface area (Å²) in [4.78, 5) is 18.1. The molecule has 5 aromatic rings. The van der Waals surface area contributed by atoms with Crippen molar-refractivity contribution in [2.75, 3.05) is 0 Å². The van der Waals surface area contributed by atoms with Gasteiger partial charge in [-0.1, -0.05) is 42.5 Å². The third kappa shape index (κ3) is 4.27. The highest BCUT2D eigenvalue weighted by atomic mass is 16.3. The highest BCUT2D eigenvalue weighted by Gasteiger charge is 2.04. The predicted molar refractivity (Wildman–Crippen MR) is 133 cm³/mol. The van der Waals surface area contributed by atoms with E-state index in [1.165, 1.54) is 0 Å². The number of hydrogen-bond acceptors (Lipinski definition) is 6. The van der Waals surface area contributed by atoms with Gasteiger partial charge in [-0.05, 0) is 48.9 Å². The van der Waals surface area contributed by atoms with Crippen LogP contribution in [0.15, 0.2) is 88.8 Å². The molecule has 0 fully saturated rings. The van der Waals surface area contributed by atoms with Gasteiger partial charge in [0.25, 0.3) is 0 Å². The second kappa shape index (κ2) is 8.51. The molecule has 2 N–H and O–H groups in total. The Morgan fingerprint density at radius 3 is 1.85 bits per heavy atom. The van der Waals surface area contributed by atoms with Crippen LogP contribution in [0.4, 0.5) is 11.4 Å². The second-order valence-electron chi connectivity index (χ2n) is 7.66. The van der Waals surface area contributed by atoms with Crippen molar-refractivity contribution in [2.24, 2.45) is 9.98 Å². The Hall–Kier alpha value is -4.58. The molecule has 2 aromatic heterocycles. The van der Waals surface area contributed by atoms with Crippen molar-refractivity contribution in [1.29, 1.82) is 0 Å². The summed E-state index contributed by atoms with van der Waals surface area (Å²) < 4.78 is 0. The molecule has 0 saturated heterocycles. The van der Waals surface area contributed by atoms with Gasteiger partial charge in [-0.25, -0.2) is 9.97 Å². The van der Waals surface area contributed by atoms with E-state index in [-0.39, 0.29) is 11.5 Å². The summed E-state index contributed by atoms with van der Waals surface area (Å²) in [5, 5.41) is 21.8. The Morgan fingerprint density at radius 1 is 0.667 bits per heavy atom. The molecule has 0 saturated carbocycles. The number of hydrogen-bond donors (Lipinski definition) is 2. The van der Waals surface area contributed by atoms with Crippen LogP contribution in [0.1, 0.15) is 17.0 Å². The zero-order valence-corrected chi connectivity index (χ0v) is 17.8. The van der Waals surface area contributed by atoms with E-state index in [4.69, 9.17) is 0 Å². The van der Waals surface area contributed by atoms with Crippen LogP contribution < -0.4 is 0 Å². The van der Waals surface area contributed by atoms with Gasteiger partial charge in [0.1, 0.15) is 22.5 Å². The molecule has 2 heterocycles. The number of aromatic nitrogens is 2. The summed E-state index contributed by atoms with van der Waals surface area (Å²) in [6, 6.07) is 23.9. The molecule has 0 amide bonds. The average molecular weight is 432 g/mol. The summed E-state index contributed by atoms with van der Waals surface area (Å²) in [5.41, 5.74) is 4.90. The monoisotopic (exact) mass is 432 g/mol. The number of nitrogens with zero attached hydrogens (tertiary/aromatic N) is 4. The molecule has 0 bridgehead atoms. The molecule has 0 aliphatic rings. The van der Waals surface area contributed by atoms with Gasteiger partial charge in [0.05, 0.1) is 35.2 Å². The van der Waals surface area contributed by atoms with Gasteiger partial charge in [0.15, 0.2) is 0 Å². The first-order valence-electron chi connectivity index (χ1n) is 10.4. The van der Waals surface area contributed by atoms with Crippen molar-refractivity contribution in [3.05, 3.63) is 95.8 Å². The van der Waals surface area contributed by atoms with Crippen LogP contribution in [0.25, 0.3) is 21.8 Å². The fraction of sp³-hybridized carbons (Fsp3) is 0.0370. The van der Waals surface area contributed by atoms with Crippen LogP contribution in [0.5, 0.6) is 11.5 Å². The van der Waals surface area contributed by atoms with Gasteiger partial charge >= 0.3 is 0 Å². The first kappa shape index (κ1) is 20.3. The number of pyridine rings is 2. The largest absolute Gasteiger partial charge is 0.506 e. The lowest BCUT2D eigenvalue weighted by Crippen LogP contribution is -1.89. The zero-order chi connectivity index (χ0) is 22.8. The summed E-state index contributed by atoms with van der Waals surface area (Å²) in [5.74, 6) is 0.288. The first-order valence-corrected chi connectivity index (χ1v) is 10.4. The van der Waals surface area contributed by atoms with Crippen LogP contribution in [0.2, 0.25) is 0 Å². The highest BCUT2D eigenvalue weighted by Crippen LogP contribution is 2.26. The molecule has 0 radical (unpaired) electrons.